The van der Waals surface area contributed by atoms with E-state index in [-0.39, 0.29) is 12.1 Å². The number of hydrogen-bond donors (Lipinski definition) is 0. The van der Waals surface area contributed by atoms with E-state index in [1.807, 2.05) is 54.6 Å². The summed E-state index contributed by atoms with van der Waals surface area (Å²) in [5, 5.41) is 0. The predicted molar refractivity (Wildman–Crippen MR) is 86.1 cm³/mol. The molecule has 1 saturated carbocycles. The lowest BCUT2D eigenvalue weighted by Gasteiger charge is -2.16. The Bertz CT molecular complexity index is 649. The van der Waals surface area contributed by atoms with Crippen LogP contribution < -0.4 is 4.74 Å². The Balaban J connectivity index is 1.70. The Morgan fingerprint density at radius 1 is 1.13 bits per heavy atom. The molecule has 2 aromatic rings. The Morgan fingerprint density at radius 3 is 2.61 bits per heavy atom. The van der Waals surface area contributed by atoms with Crippen LogP contribution in [0.1, 0.15) is 30.1 Å². The van der Waals surface area contributed by atoms with Crippen molar-refractivity contribution in [2.75, 3.05) is 7.11 Å². The van der Waals surface area contributed by atoms with Crippen LogP contribution in [0, 0.1) is 0 Å². The molecule has 120 valence electrons. The van der Waals surface area contributed by atoms with Gasteiger partial charge < -0.3 is 14.2 Å². The summed E-state index contributed by atoms with van der Waals surface area (Å²) in [6, 6.07) is 17.4. The van der Waals surface area contributed by atoms with Gasteiger partial charge in [0.15, 0.2) is 6.10 Å². The van der Waals surface area contributed by atoms with Crippen LogP contribution in [0.5, 0.6) is 5.75 Å². The molecule has 0 spiro atoms. The normalized spacial score (nSPS) is 15.0. The number of benzene rings is 2. The number of carbonyl (C=O) groups is 1. The summed E-state index contributed by atoms with van der Waals surface area (Å²) in [6.07, 6.45) is 1.47. The molecule has 0 radical (unpaired) electrons. The molecule has 0 saturated heterocycles. The lowest BCUT2D eigenvalue weighted by atomic mass is 10.1. The number of ether oxygens (including phenoxy) is 3. The molecule has 2 aromatic carbocycles. The standard InChI is InChI=1S/C19H20O4/c1-21-19(20)18(23-16-10-11-16)15-8-5-9-17(12-15)22-13-14-6-3-2-4-7-14/h2-9,12,16,18H,10-11,13H2,1H3. The van der Waals surface area contributed by atoms with Gasteiger partial charge in [0.2, 0.25) is 0 Å². The SMILES string of the molecule is COC(=O)C(OC1CC1)c1cccc(OCc2ccccc2)c1. The van der Waals surface area contributed by atoms with Crippen molar-refractivity contribution in [2.45, 2.75) is 31.7 Å². The van der Waals surface area contributed by atoms with E-state index in [0.29, 0.717) is 12.4 Å². The van der Waals surface area contributed by atoms with Crippen molar-refractivity contribution in [1.29, 1.82) is 0 Å². The molecule has 1 unspecified atom stereocenters. The van der Waals surface area contributed by atoms with Crippen LogP contribution in [-0.2, 0) is 20.9 Å². The fourth-order valence-electron chi connectivity index (χ4n) is 2.28. The van der Waals surface area contributed by atoms with Crippen molar-refractivity contribution in [3.63, 3.8) is 0 Å². The second-order valence-corrected chi connectivity index (χ2v) is 5.59. The van der Waals surface area contributed by atoms with Crippen LogP contribution in [0.15, 0.2) is 54.6 Å². The van der Waals surface area contributed by atoms with E-state index >= 15 is 0 Å². The van der Waals surface area contributed by atoms with Crippen LogP contribution in [-0.4, -0.2) is 19.2 Å². The quantitative estimate of drug-likeness (QED) is 0.732. The summed E-state index contributed by atoms with van der Waals surface area (Å²) in [6.45, 7) is 0.483. The maximum atomic E-state index is 12.0. The smallest absolute Gasteiger partial charge is 0.339 e. The van der Waals surface area contributed by atoms with Gasteiger partial charge in [0, 0.05) is 0 Å². The second-order valence-electron chi connectivity index (χ2n) is 5.59. The molecule has 0 bridgehead atoms. The Morgan fingerprint density at radius 2 is 1.91 bits per heavy atom. The largest absolute Gasteiger partial charge is 0.489 e. The third-order valence-electron chi connectivity index (χ3n) is 3.68. The van der Waals surface area contributed by atoms with E-state index in [1.165, 1.54) is 7.11 Å². The molecule has 0 aromatic heterocycles. The molecule has 0 amide bonds. The van der Waals surface area contributed by atoms with E-state index in [9.17, 15) is 4.79 Å². The maximum Gasteiger partial charge on any atom is 0.339 e. The van der Waals surface area contributed by atoms with E-state index in [0.717, 1.165) is 24.0 Å². The minimum atomic E-state index is -0.687. The summed E-state index contributed by atoms with van der Waals surface area (Å²) < 4.78 is 16.5. The predicted octanol–water partition coefficient (Wildman–Crippen LogP) is 3.66. The van der Waals surface area contributed by atoms with Gasteiger partial charge in [-0.05, 0) is 36.1 Å². The lowest BCUT2D eigenvalue weighted by Crippen LogP contribution is -2.18. The fraction of sp³-hybridized carbons (Fsp3) is 0.316. The summed E-state index contributed by atoms with van der Waals surface area (Å²) >= 11 is 0. The van der Waals surface area contributed by atoms with Gasteiger partial charge in [-0.1, -0.05) is 42.5 Å². The fourth-order valence-corrected chi connectivity index (χ4v) is 2.28. The average molecular weight is 312 g/mol. The van der Waals surface area contributed by atoms with Gasteiger partial charge in [-0.3, -0.25) is 0 Å². The first-order chi connectivity index (χ1) is 11.3. The number of esters is 1. The van der Waals surface area contributed by atoms with Crippen molar-refractivity contribution in [3.8, 4) is 5.75 Å². The Hall–Kier alpha value is -2.33. The van der Waals surface area contributed by atoms with E-state index in [4.69, 9.17) is 14.2 Å². The van der Waals surface area contributed by atoms with Gasteiger partial charge in [0.05, 0.1) is 13.2 Å². The molecule has 4 heteroatoms. The van der Waals surface area contributed by atoms with Gasteiger partial charge >= 0.3 is 5.97 Å². The molecule has 3 rings (SSSR count). The van der Waals surface area contributed by atoms with Gasteiger partial charge in [-0.15, -0.1) is 0 Å². The topological polar surface area (TPSA) is 44.8 Å². The van der Waals surface area contributed by atoms with Gasteiger partial charge in [-0.2, -0.15) is 0 Å². The molecule has 0 heterocycles. The Kier molecular flexibility index (Phi) is 4.93. The number of rotatable bonds is 7. The highest BCUT2D eigenvalue weighted by molar-refractivity contribution is 5.76. The molecule has 4 nitrogen and oxygen atoms in total. The maximum absolute atomic E-state index is 12.0. The summed E-state index contributed by atoms with van der Waals surface area (Å²) in [5.74, 6) is 0.330. The van der Waals surface area contributed by atoms with E-state index in [1.54, 1.807) is 0 Å². The molecular weight excluding hydrogens is 292 g/mol. The highest BCUT2D eigenvalue weighted by Gasteiger charge is 2.31. The molecule has 0 N–H and O–H groups in total. The number of carbonyl (C=O) groups excluding carboxylic acids is 1. The first kappa shape index (κ1) is 15.6. The number of hydrogen-bond acceptors (Lipinski definition) is 4. The summed E-state index contributed by atoms with van der Waals surface area (Å²) in [5.41, 5.74) is 1.85. The minimum Gasteiger partial charge on any atom is -0.489 e. The van der Waals surface area contributed by atoms with E-state index < -0.39 is 6.10 Å². The van der Waals surface area contributed by atoms with Crippen molar-refractivity contribution in [2.24, 2.45) is 0 Å². The Labute approximate surface area is 136 Å². The van der Waals surface area contributed by atoms with Crippen LogP contribution >= 0.6 is 0 Å². The van der Waals surface area contributed by atoms with Crippen LogP contribution in [0.3, 0.4) is 0 Å². The molecule has 0 aliphatic heterocycles. The highest BCUT2D eigenvalue weighted by atomic mass is 16.6. The zero-order valence-corrected chi connectivity index (χ0v) is 13.1. The molecule has 1 fully saturated rings. The summed E-state index contributed by atoms with van der Waals surface area (Å²) in [4.78, 5) is 12.0. The summed E-state index contributed by atoms with van der Waals surface area (Å²) in [7, 11) is 1.38. The zero-order chi connectivity index (χ0) is 16.1. The van der Waals surface area contributed by atoms with Crippen LogP contribution in [0.4, 0.5) is 0 Å². The van der Waals surface area contributed by atoms with E-state index in [2.05, 4.69) is 0 Å². The average Bonchev–Trinajstić information content (AvgIpc) is 3.42. The molecule has 1 aliphatic carbocycles. The van der Waals surface area contributed by atoms with Gasteiger partial charge in [0.1, 0.15) is 12.4 Å². The number of methoxy groups -OCH3 is 1. The lowest BCUT2D eigenvalue weighted by molar-refractivity contribution is -0.155. The monoisotopic (exact) mass is 312 g/mol. The first-order valence-corrected chi connectivity index (χ1v) is 7.76. The molecular formula is C19H20O4. The third kappa shape index (κ3) is 4.33. The highest BCUT2D eigenvalue weighted by Crippen LogP contribution is 2.32. The van der Waals surface area contributed by atoms with Gasteiger partial charge in [-0.25, -0.2) is 4.79 Å². The molecule has 23 heavy (non-hydrogen) atoms. The van der Waals surface area contributed by atoms with Crippen LogP contribution in [0.2, 0.25) is 0 Å². The van der Waals surface area contributed by atoms with Crippen molar-refractivity contribution in [1.82, 2.24) is 0 Å². The third-order valence-corrected chi connectivity index (χ3v) is 3.68. The van der Waals surface area contributed by atoms with Crippen molar-refractivity contribution >= 4 is 5.97 Å². The first-order valence-electron chi connectivity index (χ1n) is 7.76. The van der Waals surface area contributed by atoms with Crippen molar-refractivity contribution in [3.05, 3.63) is 65.7 Å². The molecule has 1 atom stereocenters. The molecule has 1 aliphatic rings. The van der Waals surface area contributed by atoms with Gasteiger partial charge in [0.25, 0.3) is 0 Å². The minimum absolute atomic E-state index is 0.160. The van der Waals surface area contributed by atoms with Crippen LogP contribution in [0.25, 0.3) is 0 Å². The van der Waals surface area contributed by atoms with Crippen molar-refractivity contribution < 1.29 is 19.0 Å². The zero-order valence-electron chi connectivity index (χ0n) is 13.1. The second kappa shape index (κ2) is 7.29.